The molecule has 0 aromatic heterocycles. The number of thioether (sulfide) groups is 1. The van der Waals surface area contributed by atoms with Crippen molar-refractivity contribution >= 4 is 72.1 Å². The summed E-state index contributed by atoms with van der Waals surface area (Å²) in [4.78, 5) is 12.5. The van der Waals surface area contributed by atoms with E-state index in [1.807, 2.05) is 67.6 Å². The largest absolute Gasteiger partial charge is 0.490 e. The third kappa shape index (κ3) is 6.88. The number of hydrogen-bond donors (Lipinski definition) is 1. The maximum Gasteiger partial charge on any atom is 0.263 e. The second kappa shape index (κ2) is 12.1. The smallest absolute Gasteiger partial charge is 0.263 e. The van der Waals surface area contributed by atoms with Gasteiger partial charge in [0.2, 0.25) is 0 Å². The number of halogens is 2. The van der Waals surface area contributed by atoms with E-state index in [9.17, 15) is 4.79 Å². The lowest BCUT2D eigenvalue weighted by Gasteiger charge is -2.15. The highest BCUT2D eigenvalue weighted by Crippen LogP contribution is 2.37. The lowest BCUT2D eigenvalue weighted by Crippen LogP contribution is -2.17. The van der Waals surface area contributed by atoms with E-state index >= 15 is 0 Å². The highest BCUT2D eigenvalue weighted by atomic mass is 79.9. The molecule has 9 heteroatoms. The standard InChI is InChI=1S/C26H21Br2NO4S2/c1-2-31-22-12-17(8-9-21(22)32-14-16-6-4-3-5-7-16)15-33-24-19(27)10-18(11-20(24)28)13-23-25(30)29-26(34)35-23/h3-13H,2,14-15H2,1H3,(H,29,30,34)/b23-13+. The summed E-state index contributed by atoms with van der Waals surface area (Å²) in [7, 11) is 0. The number of amides is 1. The van der Waals surface area contributed by atoms with Crippen molar-refractivity contribution in [2.45, 2.75) is 20.1 Å². The van der Waals surface area contributed by atoms with Gasteiger partial charge in [-0.2, -0.15) is 0 Å². The molecule has 0 bridgehead atoms. The minimum absolute atomic E-state index is 0.186. The normalized spacial score (nSPS) is 14.2. The van der Waals surface area contributed by atoms with Gasteiger partial charge < -0.3 is 19.5 Å². The van der Waals surface area contributed by atoms with Crippen molar-refractivity contribution in [2.24, 2.45) is 0 Å². The van der Waals surface area contributed by atoms with Crippen LogP contribution in [0, 0.1) is 0 Å². The molecule has 1 fully saturated rings. The Hall–Kier alpha value is -2.33. The average molecular weight is 635 g/mol. The van der Waals surface area contributed by atoms with Crippen molar-refractivity contribution in [2.75, 3.05) is 6.61 Å². The Kier molecular flexibility index (Phi) is 8.89. The van der Waals surface area contributed by atoms with Crippen molar-refractivity contribution in [3.05, 3.63) is 91.2 Å². The first-order valence-electron chi connectivity index (χ1n) is 10.7. The molecule has 4 rings (SSSR count). The topological polar surface area (TPSA) is 56.8 Å². The first-order chi connectivity index (χ1) is 16.9. The minimum Gasteiger partial charge on any atom is -0.490 e. The lowest BCUT2D eigenvalue weighted by molar-refractivity contribution is -0.115. The third-order valence-corrected chi connectivity index (χ3v) is 7.23. The van der Waals surface area contributed by atoms with Crippen molar-refractivity contribution in [1.29, 1.82) is 0 Å². The van der Waals surface area contributed by atoms with Gasteiger partial charge in [-0.15, -0.1) is 0 Å². The molecule has 0 saturated carbocycles. The van der Waals surface area contributed by atoms with Gasteiger partial charge >= 0.3 is 0 Å². The molecular formula is C26H21Br2NO4S2. The van der Waals surface area contributed by atoms with Crippen LogP contribution in [0.3, 0.4) is 0 Å². The fraction of sp³-hybridized carbons (Fsp3) is 0.154. The van der Waals surface area contributed by atoms with Crippen LogP contribution in [0.1, 0.15) is 23.6 Å². The number of thiocarbonyl (C=S) groups is 1. The SMILES string of the molecule is CCOc1cc(COc2c(Br)cc(/C=C3/SC(=S)NC3=O)cc2Br)ccc1OCc1ccccc1. The highest BCUT2D eigenvalue weighted by Gasteiger charge is 2.22. The molecule has 3 aromatic rings. The zero-order valence-electron chi connectivity index (χ0n) is 18.7. The number of ether oxygens (including phenoxy) is 3. The van der Waals surface area contributed by atoms with E-state index in [0.29, 0.717) is 46.3 Å². The summed E-state index contributed by atoms with van der Waals surface area (Å²) in [5, 5.41) is 2.62. The monoisotopic (exact) mass is 633 g/mol. The number of nitrogens with one attached hydrogen (secondary N) is 1. The molecule has 1 saturated heterocycles. The van der Waals surface area contributed by atoms with Crippen LogP contribution in [0.4, 0.5) is 0 Å². The van der Waals surface area contributed by atoms with Crippen LogP contribution in [-0.4, -0.2) is 16.8 Å². The highest BCUT2D eigenvalue weighted by molar-refractivity contribution is 9.11. The molecule has 1 aliphatic rings. The van der Waals surface area contributed by atoms with Crippen LogP contribution in [0.5, 0.6) is 17.2 Å². The summed E-state index contributed by atoms with van der Waals surface area (Å²) in [6, 6.07) is 19.6. The second-order valence-electron chi connectivity index (χ2n) is 7.44. The Balaban J connectivity index is 1.45. The van der Waals surface area contributed by atoms with Gasteiger partial charge in [-0.3, -0.25) is 4.79 Å². The van der Waals surface area contributed by atoms with Gasteiger partial charge in [0.15, 0.2) is 11.5 Å². The van der Waals surface area contributed by atoms with Crippen LogP contribution >= 0.6 is 55.8 Å². The number of carbonyl (C=O) groups excluding carboxylic acids is 1. The summed E-state index contributed by atoms with van der Waals surface area (Å²) < 4.78 is 19.9. The molecule has 0 spiro atoms. The van der Waals surface area contributed by atoms with Gasteiger partial charge in [-0.1, -0.05) is 60.4 Å². The van der Waals surface area contributed by atoms with Crippen LogP contribution in [0.25, 0.3) is 6.08 Å². The summed E-state index contributed by atoms with van der Waals surface area (Å²) >= 11 is 13.5. The summed E-state index contributed by atoms with van der Waals surface area (Å²) in [6.45, 7) is 3.27. The molecule has 35 heavy (non-hydrogen) atoms. The second-order valence-corrected chi connectivity index (χ2v) is 10.9. The molecular weight excluding hydrogens is 614 g/mol. The Labute approximate surface area is 230 Å². The molecule has 0 aliphatic carbocycles. The predicted octanol–water partition coefficient (Wildman–Crippen LogP) is 7.26. The van der Waals surface area contributed by atoms with E-state index in [1.165, 1.54) is 11.8 Å². The quantitative estimate of drug-likeness (QED) is 0.198. The molecule has 1 aliphatic heterocycles. The first kappa shape index (κ1) is 25.8. The van der Waals surface area contributed by atoms with E-state index in [2.05, 4.69) is 37.2 Å². The molecule has 0 atom stereocenters. The van der Waals surface area contributed by atoms with Crippen LogP contribution < -0.4 is 19.5 Å². The molecule has 1 heterocycles. The fourth-order valence-electron chi connectivity index (χ4n) is 3.29. The Morgan fingerprint density at radius 2 is 1.63 bits per heavy atom. The van der Waals surface area contributed by atoms with Gasteiger partial charge in [0.1, 0.15) is 23.3 Å². The fourth-order valence-corrected chi connectivity index (χ4v) is 5.79. The van der Waals surface area contributed by atoms with Gasteiger partial charge in [0.05, 0.1) is 20.5 Å². The van der Waals surface area contributed by atoms with Gasteiger partial charge in [0.25, 0.3) is 5.91 Å². The van der Waals surface area contributed by atoms with Crippen molar-refractivity contribution < 1.29 is 19.0 Å². The molecule has 3 aromatic carbocycles. The predicted molar refractivity (Wildman–Crippen MR) is 151 cm³/mol. The Morgan fingerprint density at radius 1 is 0.914 bits per heavy atom. The van der Waals surface area contributed by atoms with Crippen molar-refractivity contribution in [3.8, 4) is 17.2 Å². The van der Waals surface area contributed by atoms with E-state index < -0.39 is 0 Å². The van der Waals surface area contributed by atoms with E-state index in [0.717, 1.165) is 25.6 Å². The van der Waals surface area contributed by atoms with Crippen LogP contribution in [0.15, 0.2) is 74.5 Å². The summed E-state index contributed by atoms with van der Waals surface area (Å²) in [5.41, 5.74) is 2.88. The number of rotatable bonds is 9. The van der Waals surface area contributed by atoms with Gasteiger partial charge in [-0.25, -0.2) is 0 Å². The zero-order valence-corrected chi connectivity index (χ0v) is 23.5. The number of carbonyl (C=O) groups is 1. The van der Waals surface area contributed by atoms with Crippen molar-refractivity contribution in [1.82, 2.24) is 5.32 Å². The molecule has 1 amide bonds. The maximum absolute atomic E-state index is 11.9. The van der Waals surface area contributed by atoms with Gasteiger partial charge in [-0.05, 0) is 85.8 Å². The molecule has 5 nitrogen and oxygen atoms in total. The molecule has 180 valence electrons. The summed E-state index contributed by atoms with van der Waals surface area (Å²) in [6.07, 6.45) is 1.79. The number of hydrogen-bond acceptors (Lipinski definition) is 6. The van der Waals surface area contributed by atoms with Crippen molar-refractivity contribution in [3.63, 3.8) is 0 Å². The number of benzene rings is 3. The summed E-state index contributed by atoms with van der Waals surface area (Å²) in [5.74, 6) is 1.84. The average Bonchev–Trinajstić information content (AvgIpc) is 3.15. The Morgan fingerprint density at radius 3 is 2.29 bits per heavy atom. The van der Waals surface area contributed by atoms with E-state index in [-0.39, 0.29) is 5.91 Å². The third-order valence-electron chi connectivity index (χ3n) is 4.89. The van der Waals surface area contributed by atoms with Crippen LogP contribution in [0.2, 0.25) is 0 Å². The van der Waals surface area contributed by atoms with Gasteiger partial charge in [0, 0.05) is 0 Å². The molecule has 0 unspecified atom stereocenters. The minimum atomic E-state index is -0.186. The molecule has 0 radical (unpaired) electrons. The molecule has 1 N–H and O–H groups in total. The zero-order chi connectivity index (χ0) is 24.8. The van der Waals surface area contributed by atoms with E-state index in [1.54, 1.807) is 6.08 Å². The lowest BCUT2D eigenvalue weighted by atomic mass is 10.2. The van der Waals surface area contributed by atoms with E-state index in [4.69, 9.17) is 26.4 Å². The van der Waals surface area contributed by atoms with Crippen LogP contribution in [-0.2, 0) is 18.0 Å². The first-order valence-corrected chi connectivity index (χ1v) is 13.5. The maximum atomic E-state index is 11.9. The Bertz CT molecular complexity index is 1260.